The topological polar surface area (TPSA) is 34.9 Å². The molecule has 1 aliphatic carbocycles. The molecule has 0 N–H and O–H groups in total. The van der Waals surface area contributed by atoms with Gasteiger partial charge in [0, 0.05) is 6.20 Å². The van der Waals surface area contributed by atoms with Crippen molar-refractivity contribution in [2.75, 3.05) is 0 Å². The molecule has 0 aromatic carbocycles. The van der Waals surface area contributed by atoms with Crippen molar-refractivity contribution < 1.29 is 13.6 Å². The molecule has 1 saturated carbocycles. The van der Waals surface area contributed by atoms with Crippen LogP contribution in [-0.4, -0.2) is 22.5 Å². The molecule has 1 aliphatic rings. The van der Waals surface area contributed by atoms with E-state index >= 15 is 0 Å². The summed E-state index contributed by atoms with van der Waals surface area (Å²) in [5.74, 6) is 0. The summed E-state index contributed by atoms with van der Waals surface area (Å²) in [6.07, 6.45) is 2.32. The fourth-order valence-electron chi connectivity index (χ4n) is 1.46. The van der Waals surface area contributed by atoms with Crippen LogP contribution in [0.2, 0.25) is 0 Å². The lowest BCUT2D eigenvalue weighted by molar-refractivity contribution is 0.0490. The second-order valence-electron chi connectivity index (χ2n) is 3.75. The van der Waals surface area contributed by atoms with Crippen LogP contribution in [0.15, 0.2) is 12.4 Å². The zero-order valence-electron chi connectivity index (χ0n) is 7.49. The average Bonchev–Trinajstić information content (AvgIpc) is 2.78. The molecule has 14 heavy (non-hydrogen) atoms. The van der Waals surface area contributed by atoms with Gasteiger partial charge in [0.05, 0.1) is 23.7 Å². The maximum absolute atomic E-state index is 12.5. The number of carbonyl (C=O) groups is 1. The zero-order valence-corrected chi connectivity index (χ0v) is 7.49. The van der Waals surface area contributed by atoms with E-state index in [4.69, 9.17) is 0 Å². The number of aldehydes is 1. The molecule has 2 rings (SSSR count). The first kappa shape index (κ1) is 9.30. The van der Waals surface area contributed by atoms with Gasteiger partial charge in [0.1, 0.15) is 0 Å². The Kier molecular flexibility index (Phi) is 2.09. The van der Waals surface area contributed by atoms with Gasteiger partial charge < -0.3 is 0 Å². The third-order valence-electron chi connectivity index (χ3n) is 2.62. The molecule has 1 fully saturated rings. The molecule has 1 aromatic rings. The van der Waals surface area contributed by atoms with Crippen LogP contribution >= 0.6 is 0 Å². The summed E-state index contributed by atoms with van der Waals surface area (Å²) < 4.78 is 26.5. The number of hydrogen-bond donors (Lipinski definition) is 0. The van der Waals surface area contributed by atoms with E-state index in [1.54, 1.807) is 0 Å². The fraction of sp³-hybridized carbons (Fsp3) is 0.556. The van der Waals surface area contributed by atoms with Crippen molar-refractivity contribution in [1.82, 2.24) is 9.78 Å². The van der Waals surface area contributed by atoms with E-state index < -0.39 is 11.8 Å². The van der Waals surface area contributed by atoms with E-state index in [2.05, 4.69) is 5.10 Å². The highest BCUT2D eigenvalue weighted by molar-refractivity contribution is 5.73. The van der Waals surface area contributed by atoms with Crippen molar-refractivity contribution in [1.29, 1.82) is 0 Å². The van der Waals surface area contributed by atoms with Crippen molar-refractivity contribution in [2.45, 2.75) is 25.8 Å². The molecule has 5 heteroatoms. The summed E-state index contributed by atoms with van der Waals surface area (Å²) in [7, 11) is 0. The number of aromatic nitrogens is 2. The highest BCUT2D eigenvalue weighted by Gasteiger charge is 2.51. The van der Waals surface area contributed by atoms with E-state index in [-0.39, 0.29) is 6.54 Å². The second-order valence-corrected chi connectivity index (χ2v) is 3.75. The van der Waals surface area contributed by atoms with Crippen LogP contribution in [0.3, 0.4) is 0 Å². The van der Waals surface area contributed by atoms with Gasteiger partial charge in [0.15, 0.2) is 6.29 Å². The van der Waals surface area contributed by atoms with Gasteiger partial charge in [0.2, 0.25) is 6.43 Å². The maximum Gasteiger partial charge on any atom is 0.245 e. The van der Waals surface area contributed by atoms with E-state index in [1.807, 2.05) is 0 Å². The minimum absolute atomic E-state index is 0.207. The quantitative estimate of drug-likeness (QED) is 0.694. The van der Waals surface area contributed by atoms with E-state index in [0.717, 1.165) is 0 Å². The maximum atomic E-state index is 12.5. The Hall–Kier alpha value is -1.26. The van der Waals surface area contributed by atoms with Crippen molar-refractivity contribution in [3.05, 3.63) is 18.0 Å². The summed E-state index contributed by atoms with van der Waals surface area (Å²) in [6.45, 7) is 0.207. The van der Waals surface area contributed by atoms with Gasteiger partial charge in [0.25, 0.3) is 0 Å². The number of rotatable bonds is 4. The first-order valence-electron chi connectivity index (χ1n) is 4.42. The van der Waals surface area contributed by atoms with Gasteiger partial charge in [-0.1, -0.05) is 0 Å². The molecule has 0 radical (unpaired) electrons. The normalized spacial score (nSPS) is 18.5. The van der Waals surface area contributed by atoms with Crippen molar-refractivity contribution in [3.8, 4) is 0 Å². The predicted octanol–water partition coefficient (Wildman–Crippen LogP) is 1.74. The Bertz CT molecular complexity index is 344. The number of carbonyl (C=O) groups excluding carboxylic acids is 1. The molecule has 76 valence electrons. The number of alkyl halides is 2. The fourth-order valence-corrected chi connectivity index (χ4v) is 1.46. The Morgan fingerprint density at radius 1 is 1.64 bits per heavy atom. The molecule has 0 atom stereocenters. The molecule has 1 heterocycles. The van der Waals surface area contributed by atoms with Crippen LogP contribution in [0.5, 0.6) is 0 Å². The first-order valence-corrected chi connectivity index (χ1v) is 4.42. The van der Waals surface area contributed by atoms with Gasteiger partial charge in [-0.15, -0.1) is 0 Å². The van der Waals surface area contributed by atoms with Gasteiger partial charge in [-0.05, 0) is 12.8 Å². The minimum atomic E-state index is -2.30. The largest absolute Gasteiger partial charge is 0.298 e. The van der Waals surface area contributed by atoms with Crippen molar-refractivity contribution in [3.63, 3.8) is 0 Å². The zero-order chi connectivity index (χ0) is 10.2. The molecule has 1 aromatic heterocycles. The average molecular weight is 200 g/mol. The highest BCUT2D eigenvalue weighted by atomic mass is 19.3. The Labute approximate surface area is 79.7 Å². The monoisotopic (exact) mass is 200 g/mol. The summed E-state index contributed by atoms with van der Waals surface area (Å²) in [5.41, 5.74) is -0.457. The van der Waals surface area contributed by atoms with Crippen LogP contribution < -0.4 is 0 Å². The Balaban J connectivity index is 2.07. The lowest BCUT2D eigenvalue weighted by Gasteiger charge is -2.13. The van der Waals surface area contributed by atoms with E-state index in [9.17, 15) is 13.6 Å². The molecular formula is C9H10F2N2O. The smallest absolute Gasteiger partial charge is 0.245 e. The van der Waals surface area contributed by atoms with Gasteiger partial charge in [-0.25, -0.2) is 8.78 Å². The van der Waals surface area contributed by atoms with Gasteiger partial charge in [-0.3, -0.25) is 9.48 Å². The third kappa shape index (κ3) is 1.54. The second kappa shape index (κ2) is 3.15. The highest BCUT2D eigenvalue weighted by Crippen LogP contribution is 2.51. The molecule has 0 amide bonds. The van der Waals surface area contributed by atoms with E-state index in [0.29, 0.717) is 24.7 Å². The molecule has 0 saturated heterocycles. The number of halogens is 2. The van der Waals surface area contributed by atoms with Crippen LogP contribution in [-0.2, 0) is 6.54 Å². The Morgan fingerprint density at radius 3 is 2.79 bits per heavy atom. The summed E-state index contributed by atoms with van der Waals surface area (Å²) in [6, 6.07) is 0. The lowest BCUT2D eigenvalue weighted by Crippen LogP contribution is -2.20. The molecule has 3 nitrogen and oxygen atoms in total. The van der Waals surface area contributed by atoms with Crippen molar-refractivity contribution in [2.24, 2.45) is 5.41 Å². The standard InChI is InChI=1S/C9H10F2N2O/c10-8(11)9(1-2-9)6-13-4-7(5-14)3-12-13/h3-5,8H,1-2,6H2. The molecule has 0 spiro atoms. The molecule has 0 unspecified atom stereocenters. The lowest BCUT2D eigenvalue weighted by atomic mass is 10.1. The summed E-state index contributed by atoms with van der Waals surface area (Å²) in [4.78, 5) is 10.3. The first-order chi connectivity index (χ1) is 6.66. The van der Waals surface area contributed by atoms with Gasteiger partial charge in [-0.2, -0.15) is 5.10 Å². The summed E-state index contributed by atoms with van der Waals surface area (Å²) >= 11 is 0. The van der Waals surface area contributed by atoms with Crippen LogP contribution in [0, 0.1) is 5.41 Å². The van der Waals surface area contributed by atoms with Gasteiger partial charge >= 0.3 is 0 Å². The minimum Gasteiger partial charge on any atom is -0.298 e. The SMILES string of the molecule is O=Cc1cnn(CC2(C(F)F)CC2)c1. The summed E-state index contributed by atoms with van der Waals surface area (Å²) in [5, 5.41) is 3.85. The number of hydrogen-bond acceptors (Lipinski definition) is 2. The van der Waals surface area contributed by atoms with Crippen LogP contribution in [0.1, 0.15) is 23.2 Å². The number of nitrogens with zero attached hydrogens (tertiary/aromatic N) is 2. The van der Waals surface area contributed by atoms with E-state index in [1.165, 1.54) is 17.1 Å². The Morgan fingerprint density at radius 2 is 2.36 bits per heavy atom. The molecular weight excluding hydrogens is 190 g/mol. The molecule has 0 bridgehead atoms. The predicted molar refractivity (Wildman–Crippen MR) is 45.3 cm³/mol. The van der Waals surface area contributed by atoms with Crippen LogP contribution in [0.25, 0.3) is 0 Å². The van der Waals surface area contributed by atoms with Crippen molar-refractivity contribution >= 4 is 6.29 Å². The van der Waals surface area contributed by atoms with Crippen LogP contribution in [0.4, 0.5) is 8.78 Å². The third-order valence-corrected chi connectivity index (χ3v) is 2.62. The molecule has 0 aliphatic heterocycles.